The van der Waals surface area contributed by atoms with Crippen molar-refractivity contribution in [2.45, 2.75) is 31.6 Å². The van der Waals surface area contributed by atoms with E-state index in [1.54, 1.807) is 18.8 Å². The maximum atomic E-state index is 11.8. The number of rotatable bonds is 7. The Morgan fingerprint density at radius 2 is 1.95 bits per heavy atom. The van der Waals surface area contributed by atoms with Crippen molar-refractivity contribution in [3.05, 3.63) is 4.88 Å². The Labute approximate surface area is 123 Å². The number of carbonyl (C=O) groups excluding carboxylic acids is 1. The lowest BCUT2D eigenvalue weighted by molar-refractivity contribution is 0.0968. The van der Waals surface area contributed by atoms with Crippen LogP contribution in [0.5, 0.6) is 0 Å². The van der Waals surface area contributed by atoms with Crippen LogP contribution >= 0.6 is 23.1 Å². The minimum absolute atomic E-state index is 0.100. The third kappa shape index (κ3) is 3.57. The van der Waals surface area contributed by atoms with Crippen molar-refractivity contribution in [2.75, 3.05) is 37.0 Å². The van der Waals surface area contributed by atoms with E-state index in [0.717, 1.165) is 35.8 Å². The number of hydrogen-bond donors (Lipinski definition) is 2. The predicted molar refractivity (Wildman–Crippen MR) is 86.7 cm³/mol. The van der Waals surface area contributed by atoms with Gasteiger partial charge in [0.2, 0.25) is 0 Å². The molecule has 1 heterocycles. The Morgan fingerprint density at radius 1 is 1.37 bits per heavy atom. The molecule has 1 aromatic heterocycles. The number of anilines is 2. The number of nitrogens with two attached hydrogens (primary N) is 1. The second-order valence-electron chi connectivity index (χ2n) is 4.25. The molecule has 0 aliphatic rings. The number of amides is 1. The van der Waals surface area contributed by atoms with Crippen LogP contribution in [0, 0.1) is 0 Å². The van der Waals surface area contributed by atoms with Gasteiger partial charge in [-0.1, -0.05) is 13.8 Å². The maximum absolute atomic E-state index is 11.8. The smallest absolute Gasteiger partial charge is 0.263 e. The molecule has 6 heteroatoms. The van der Waals surface area contributed by atoms with Crippen LogP contribution in [0.1, 0.15) is 36.4 Å². The van der Waals surface area contributed by atoms with Gasteiger partial charge in [0.05, 0.1) is 10.6 Å². The molecule has 19 heavy (non-hydrogen) atoms. The summed E-state index contributed by atoms with van der Waals surface area (Å²) >= 11 is 3.11. The molecule has 108 valence electrons. The fourth-order valence-corrected chi connectivity index (χ4v) is 4.14. The fourth-order valence-electron chi connectivity index (χ4n) is 1.96. The van der Waals surface area contributed by atoms with E-state index in [-0.39, 0.29) is 5.91 Å². The third-order valence-electron chi connectivity index (χ3n) is 2.79. The topological polar surface area (TPSA) is 58.4 Å². The molecule has 1 aromatic rings. The predicted octanol–water partition coefficient (Wildman–Crippen LogP) is 3.04. The number of nitrogen functional groups attached to an aromatic ring is 1. The number of carbonyl (C=O) groups is 1. The van der Waals surface area contributed by atoms with Gasteiger partial charge in [-0.25, -0.2) is 0 Å². The second kappa shape index (κ2) is 7.65. The largest absolute Gasteiger partial charge is 0.396 e. The van der Waals surface area contributed by atoms with Gasteiger partial charge in [0.25, 0.3) is 5.91 Å². The molecule has 3 N–H and O–H groups in total. The van der Waals surface area contributed by atoms with Crippen molar-refractivity contribution in [3.63, 3.8) is 0 Å². The minimum Gasteiger partial charge on any atom is -0.396 e. The van der Waals surface area contributed by atoms with Gasteiger partial charge in [-0.05, 0) is 19.1 Å². The van der Waals surface area contributed by atoms with Crippen LogP contribution in [-0.2, 0) is 0 Å². The van der Waals surface area contributed by atoms with E-state index in [4.69, 9.17) is 5.73 Å². The summed E-state index contributed by atoms with van der Waals surface area (Å²) in [5, 5.41) is 3.79. The summed E-state index contributed by atoms with van der Waals surface area (Å²) in [6, 6.07) is 0. The lowest BCUT2D eigenvalue weighted by Crippen LogP contribution is -2.24. The Morgan fingerprint density at radius 3 is 2.37 bits per heavy atom. The molecule has 1 rings (SSSR count). The number of thioether (sulfide) groups is 1. The molecule has 0 aromatic carbocycles. The average Bonchev–Trinajstić information content (AvgIpc) is 2.74. The van der Waals surface area contributed by atoms with Crippen LogP contribution in [-0.4, -0.2) is 32.3 Å². The highest BCUT2D eigenvalue weighted by atomic mass is 32.2. The Bertz CT molecular complexity index is 426. The van der Waals surface area contributed by atoms with Crippen LogP contribution in [0.3, 0.4) is 0 Å². The van der Waals surface area contributed by atoms with E-state index in [1.165, 1.54) is 11.3 Å². The molecule has 4 nitrogen and oxygen atoms in total. The zero-order valence-electron chi connectivity index (χ0n) is 12.1. The molecule has 0 atom stereocenters. The second-order valence-corrected chi connectivity index (χ2v) is 6.07. The zero-order valence-corrected chi connectivity index (χ0v) is 13.7. The summed E-state index contributed by atoms with van der Waals surface area (Å²) in [6.07, 6.45) is 4.17. The van der Waals surface area contributed by atoms with Gasteiger partial charge in [0.15, 0.2) is 0 Å². The first-order chi connectivity index (χ1) is 9.10. The molecule has 0 fully saturated rings. The van der Waals surface area contributed by atoms with Crippen molar-refractivity contribution >= 4 is 39.7 Å². The van der Waals surface area contributed by atoms with E-state index >= 15 is 0 Å². The lowest BCUT2D eigenvalue weighted by atomic mass is 10.3. The normalized spacial score (nSPS) is 10.5. The van der Waals surface area contributed by atoms with Gasteiger partial charge < -0.3 is 16.0 Å². The summed E-state index contributed by atoms with van der Waals surface area (Å²) in [5.41, 5.74) is 6.74. The summed E-state index contributed by atoms with van der Waals surface area (Å²) < 4.78 is 0. The van der Waals surface area contributed by atoms with Crippen LogP contribution in [0.25, 0.3) is 0 Å². The van der Waals surface area contributed by atoms with Gasteiger partial charge in [0.1, 0.15) is 9.88 Å². The van der Waals surface area contributed by atoms with Crippen molar-refractivity contribution in [1.82, 2.24) is 5.32 Å². The molecule has 0 saturated carbocycles. The molecule has 1 amide bonds. The minimum atomic E-state index is -0.100. The highest BCUT2D eigenvalue weighted by molar-refractivity contribution is 7.99. The number of thiophene rings is 1. The molecular weight excluding hydrogens is 278 g/mol. The maximum Gasteiger partial charge on any atom is 0.263 e. The molecule has 0 saturated heterocycles. The fraction of sp³-hybridized carbons (Fsp3) is 0.615. The van der Waals surface area contributed by atoms with Crippen molar-refractivity contribution in [3.8, 4) is 0 Å². The number of nitrogens with one attached hydrogen (secondary N) is 1. The molecule has 0 aliphatic carbocycles. The van der Waals surface area contributed by atoms with E-state index < -0.39 is 0 Å². The SMILES string of the molecule is CCCN(CCC)c1sc(C(=O)NC)c(N)c1SC. The van der Waals surface area contributed by atoms with E-state index in [1.807, 2.05) is 6.26 Å². The monoisotopic (exact) mass is 301 g/mol. The van der Waals surface area contributed by atoms with Crippen LogP contribution in [0.4, 0.5) is 10.7 Å². The molecular formula is C13H23N3OS2. The van der Waals surface area contributed by atoms with E-state index in [9.17, 15) is 4.79 Å². The Balaban J connectivity index is 3.20. The molecule has 0 unspecified atom stereocenters. The average molecular weight is 301 g/mol. The quantitative estimate of drug-likeness (QED) is 0.760. The number of nitrogens with zero attached hydrogens (tertiary/aromatic N) is 1. The first-order valence-electron chi connectivity index (χ1n) is 6.53. The van der Waals surface area contributed by atoms with Crippen LogP contribution in [0.15, 0.2) is 4.90 Å². The summed E-state index contributed by atoms with van der Waals surface area (Å²) in [6.45, 7) is 6.32. The van der Waals surface area contributed by atoms with Crippen molar-refractivity contribution in [2.24, 2.45) is 0 Å². The third-order valence-corrected chi connectivity index (χ3v) is 5.01. The van der Waals surface area contributed by atoms with Crippen LogP contribution < -0.4 is 16.0 Å². The van der Waals surface area contributed by atoms with Crippen molar-refractivity contribution in [1.29, 1.82) is 0 Å². The van der Waals surface area contributed by atoms with Gasteiger partial charge in [0, 0.05) is 20.1 Å². The highest BCUT2D eigenvalue weighted by Gasteiger charge is 2.22. The Kier molecular flexibility index (Phi) is 6.51. The summed E-state index contributed by atoms with van der Waals surface area (Å²) in [7, 11) is 1.63. The first-order valence-corrected chi connectivity index (χ1v) is 8.57. The van der Waals surface area contributed by atoms with E-state index in [0.29, 0.717) is 10.6 Å². The number of hydrogen-bond acceptors (Lipinski definition) is 5. The first kappa shape index (κ1) is 16.2. The standard InChI is InChI=1S/C13H23N3OS2/c1-5-7-16(8-6-2)13-11(18-4)9(14)10(19-13)12(17)15-3/h5-8,14H2,1-4H3,(H,15,17). The van der Waals surface area contributed by atoms with Crippen LogP contribution in [0.2, 0.25) is 0 Å². The molecule has 0 aliphatic heterocycles. The zero-order chi connectivity index (χ0) is 14.4. The van der Waals surface area contributed by atoms with Gasteiger partial charge >= 0.3 is 0 Å². The summed E-state index contributed by atoms with van der Waals surface area (Å²) in [4.78, 5) is 15.8. The van der Waals surface area contributed by atoms with Crippen molar-refractivity contribution < 1.29 is 4.79 Å². The molecule has 0 bridgehead atoms. The van der Waals surface area contributed by atoms with E-state index in [2.05, 4.69) is 24.1 Å². The highest BCUT2D eigenvalue weighted by Crippen LogP contribution is 2.43. The van der Waals surface area contributed by atoms with Gasteiger partial charge in [-0.3, -0.25) is 4.79 Å². The van der Waals surface area contributed by atoms with Gasteiger partial charge in [-0.15, -0.1) is 23.1 Å². The molecule has 0 radical (unpaired) electrons. The summed E-state index contributed by atoms with van der Waals surface area (Å²) in [5.74, 6) is -0.100. The molecule has 0 spiro atoms. The van der Waals surface area contributed by atoms with Gasteiger partial charge in [-0.2, -0.15) is 0 Å². The Hall–Kier alpha value is -0.880. The lowest BCUT2D eigenvalue weighted by Gasteiger charge is -2.23.